The molecule has 1 heterocycles. The molecule has 1 aliphatic carbocycles. The Morgan fingerprint density at radius 2 is 2.00 bits per heavy atom. The predicted molar refractivity (Wildman–Crippen MR) is 53.5 cm³/mol. The molecular formula is C11H17NO. The highest BCUT2D eigenvalue weighted by molar-refractivity contribution is 5.09. The van der Waals surface area contributed by atoms with Gasteiger partial charge in [-0.25, -0.2) is 0 Å². The molecule has 1 fully saturated rings. The number of morpholine rings is 1. The summed E-state index contributed by atoms with van der Waals surface area (Å²) in [5.41, 5.74) is 1.52. The van der Waals surface area contributed by atoms with Crippen LogP contribution in [0.4, 0.5) is 0 Å². The van der Waals surface area contributed by atoms with Gasteiger partial charge in [0, 0.05) is 18.8 Å². The fourth-order valence-electron chi connectivity index (χ4n) is 1.89. The van der Waals surface area contributed by atoms with E-state index in [9.17, 15) is 0 Å². The first-order chi connectivity index (χ1) is 6.47. The Hall–Kier alpha value is -0.760. The Balaban J connectivity index is 1.94. The van der Waals surface area contributed by atoms with E-state index in [-0.39, 0.29) is 0 Å². The standard InChI is InChI=1S/C11H17NO/c1-2-4-6-11(5-3-1)12-7-9-13-10-8-12/h1-2,5H,3-4,6-10H2. The Labute approximate surface area is 79.9 Å². The molecule has 2 heteroatoms. The molecule has 72 valence electrons. The van der Waals surface area contributed by atoms with Crippen molar-refractivity contribution in [3.63, 3.8) is 0 Å². The maximum atomic E-state index is 5.34. The van der Waals surface area contributed by atoms with Crippen molar-refractivity contribution in [2.45, 2.75) is 19.3 Å². The van der Waals surface area contributed by atoms with Crippen LogP contribution < -0.4 is 0 Å². The third-order valence-electron chi connectivity index (χ3n) is 2.64. The predicted octanol–water partition coefficient (Wildman–Crippen LogP) is 1.94. The summed E-state index contributed by atoms with van der Waals surface area (Å²) in [4.78, 5) is 2.47. The van der Waals surface area contributed by atoms with E-state index in [1.54, 1.807) is 0 Å². The molecule has 0 unspecified atom stereocenters. The highest BCUT2D eigenvalue weighted by atomic mass is 16.5. The van der Waals surface area contributed by atoms with Gasteiger partial charge in [-0.3, -0.25) is 0 Å². The SMILES string of the molecule is C1=CCCC(N2CCOCC2)=CC1. The van der Waals surface area contributed by atoms with Gasteiger partial charge in [0.2, 0.25) is 0 Å². The molecule has 1 saturated heterocycles. The largest absolute Gasteiger partial charge is 0.378 e. The van der Waals surface area contributed by atoms with Gasteiger partial charge in [0.15, 0.2) is 0 Å². The van der Waals surface area contributed by atoms with Crippen molar-refractivity contribution in [2.75, 3.05) is 26.3 Å². The fraction of sp³-hybridized carbons (Fsp3) is 0.636. The number of nitrogens with zero attached hydrogens (tertiary/aromatic N) is 1. The zero-order valence-electron chi connectivity index (χ0n) is 8.04. The highest BCUT2D eigenvalue weighted by Gasteiger charge is 2.12. The van der Waals surface area contributed by atoms with Crippen LogP contribution in [0.2, 0.25) is 0 Å². The Morgan fingerprint density at radius 1 is 1.15 bits per heavy atom. The van der Waals surface area contributed by atoms with Gasteiger partial charge in [-0.15, -0.1) is 0 Å². The monoisotopic (exact) mass is 179 g/mol. The molecule has 2 nitrogen and oxygen atoms in total. The first-order valence-electron chi connectivity index (χ1n) is 5.13. The van der Waals surface area contributed by atoms with Gasteiger partial charge in [0.25, 0.3) is 0 Å². The molecule has 0 radical (unpaired) electrons. The molecule has 2 rings (SSSR count). The van der Waals surface area contributed by atoms with Crippen LogP contribution in [0.3, 0.4) is 0 Å². The second-order valence-corrected chi connectivity index (χ2v) is 3.54. The van der Waals surface area contributed by atoms with Gasteiger partial charge in [0.1, 0.15) is 0 Å². The van der Waals surface area contributed by atoms with Crippen LogP contribution in [-0.2, 0) is 4.74 Å². The van der Waals surface area contributed by atoms with Crippen molar-refractivity contribution in [3.8, 4) is 0 Å². The summed E-state index contributed by atoms with van der Waals surface area (Å²) in [5.74, 6) is 0. The van der Waals surface area contributed by atoms with E-state index < -0.39 is 0 Å². The minimum atomic E-state index is 0.894. The Morgan fingerprint density at radius 3 is 2.85 bits per heavy atom. The van der Waals surface area contributed by atoms with E-state index in [0.29, 0.717) is 0 Å². The summed E-state index contributed by atoms with van der Waals surface area (Å²) in [6.45, 7) is 3.94. The van der Waals surface area contributed by atoms with Crippen molar-refractivity contribution in [2.24, 2.45) is 0 Å². The van der Waals surface area contributed by atoms with E-state index in [2.05, 4.69) is 23.1 Å². The lowest BCUT2D eigenvalue weighted by Gasteiger charge is -2.30. The average Bonchev–Trinajstić information content (AvgIpc) is 2.47. The first-order valence-corrected chi connectivity index (χ1v) is 5.13. The van der Waals surface area contributed by atoms with E-state index in [1.165, 1.54) is 18.5 Å². The summed E-state index contributed by atoms with van der Waals surface area (Å²) in [6.07, 6.45) is 10.4. The summed E-state index contributed by atoms with van der Waals surface area (Å²) < 4.78 is 5.34. The smallest absolute Gasteiger partial charge is 0.0642 e. The fourth-order valence-corrected chi connectivity index (χ4v) is 1.89. The summed E-state index contributed by atoms with van der Waals surface area (Å²) >= 11 is 0. The maximum absolute atomic E-state index is 5.34. The van der Waals surface area contributed by atoms with E-state index in [0.717, 1.165) is 32.7 Å². The van der Waals surface area contributed by atoms with Crippen molar-refractivity contribution >= 4 is 0 Å². The van der Waals surface area contributed by atoms with E-state index in [4.69, 9.17) is 4.74 Å². The first kappa shape index (κ1) is 8.82. The van der Waals surface area contributed by atoms with Crippen LogP contribution in [-0.4, -0.2) is 31.2 Å². The second kappa shape index (κ2) is 4.47. The molecule has 0 spiro atoms. The third kappa shape index (κ3) is 2.34. The minimum absolute atomic E-state index is 0.894. The number of allylic oxidation sites excluding steroid dienone is 4. The molecule has 1 aliphatic heterocycles. The van der Waals surface area contributed by atoms with E-state index >= 15 is 0 Å². The van der Waals surface area contributed by atoms with Crippen molar-refractivity contribution in [1.82, 2.24) is 4.90 Å². The second-order valence-electron chi connectivity index (χ2n) is 3.54. The third-order valence-corrected chi connectivity index (χ3v) is 2.64. The molecule has 0 aromatic rings. The summed E-state index contributed by atoms with van der Waals surface area (Å²) in [7, 11) is 0. The van der Waals surface area contributed by atoms with E-state index in [1.807, 2.05) is 0 Å². The van der Waals surface area contributed by atoms with Crippen LogP contribution in [0.5, 0.6) is 0 Å². The lowest BCUT2D eigenvalue weighted by molar-refractivity contribution is 0.0520. The zero-order valence-corrected chi connectivity index (χ0v) is 8.04. The number of hydrogen-bond donors (Lipinski definition) is 0. The van der Waals surface area contributed by atoms with Crippen LogP contribution in [0, 0.1) is 0 Å². The lowest BCUT2D eigenvalue weighted by Crippen LogP contribution is -2.35. The van der Waals surface area contributed by atoms with Gasteiger partial charge in [-0.1, -0.05) is 18.2 Å². The Kier molecular flexibility index (Phi) is 3.03. The number of rotatable bonds is 1. The van der Waals surface area contributed by atoms with Gasteiger partial charge in [0.05, 0.1) is 13.2 Å². The molecule has 13 heavy (non-hydrogen) atoms. The van der Waals surface area contributed by atoms with Crippen LogP contribution >= 0.6 is 0 Å². The molecule has 0 atom stereocenters. The topological polar surface area (TPSA) is 12.5 Å². The average molecular weight is 179 g/mol. The normalized spacial score (nSPS) is 24.0. The highest BCUT2D eigenvalue weighted by Crippen LogP contribution is 2.17. The molecular weight excluding hydrogens is 162 g/mol. The molecule has 0 saturated carbocycles. The number of hydrogen-bond acceptors (Lipinski definition) is 2. The van der Waals surface area contributed by atoms with Gasteiger partial charge < -0.3 is 9.64 Å². The molecule has 0 aromatic heterocycles. The van der Waals surface area contributed by atoms with Gasteiger partial charge >= 0.3 is 0 Å². The van der Waals surface area contributed by atoms with Gasteiger partial charge in [-0.2, -0.15) is 0 Å². The van der Waals surface area contributed by atoms with Crippen molar-refractivity contribution in [1.29, 1.82) is 0 Å². The van der Waals surface area contributed by atoms with Crippen molar-refractivity contribution in [3.05, 3.63) is 23.9 Å². The van der Waals surface area contributed by atoms with Crippen LogP contribution in [0.25, 0.3) is 0 Å². The van der Waals surface area contributed by atoms with Crippen LogP contribution in [0.15, 0.2) is 23.9 Å². The maximum Gasteiger partial charge on any atom is 0.0642 e. The Bertz CT molecular complexity index is 214. The minimum Gasteiger partial charge on any atom is -0.378 e. The molecule has 0 N–H and O–H groups in total. The zero-order chi connectivity index (χ0) is 8.93. The molecule has 0 bridgehead atoms. The summed E-state index contributed by atoms with van der Waals surface area (Å²) in [5, 5.41) is 0. The molecule has 0 aromatic carbocycles. The molecule has 0 amide bonds. The van der Waals surface area contributed by atoms with Gasteiger partial charge in [-0.05, 0) is 19.3 Å². The number of ether oxygens (including phenoxy) is 1. The van der Waals surface area contributed by atoms with Crippen molar-refractivity contribution < 1.29 is 4.74 Å². The van der Waals surface area contributed by atoms with Crippen LogP contribution in [0.1, 0.15) is 19.3 Å². The quantitative estimate of drug-likeness (QED) is 0.570. The molecule has 2 aliphatic rings. The summed E-state index contributed by atoms with van der Waals surface area (Å²) in [6, 6.07) is 0. The lowest BCUT2D eigenvalue weighted by atomic mass is 10.2.